The second-order valence-corrected chi connectivity index (χ2v) is 10.4. The van der Waals surface area contributed by atoms with Gasteiger partial charge in [0.25, 0.3) is 5.91 Å². The van der Waals surface area contributed by atoms with Crippen molar-refractivity contribution in [2.75, 3.05) is 41.8 Å². The summed E-state index contributed by atoms with van der Waals surface area (Å²) in [5, 5.41) is 13.3. The van der Waals surface area contributed by atoms with Gasteiger partial charge >= 0.3 is 0 Å². The third-order valence-electron chi connectivity index (χ3n) is 7.60. The highest BCUT2D eigenvalue weighted by Gasteiger charge is 2.45. The van der Waals surface area contributed by atoms with Crippen LogP contribution in [0.15, 0.2) is 36.9 Å². The number of ketones is 1. The smallest absolute Gasteiger partial charge is 0.278 e. The van der Waals surface area contributed by atoms with Crippen molar-refractivity contribution in [2.45, 2.75) is 32.7 Å². The third-order valence-corrected chi connectivity index (χ3v) is 7.60. The summed E-state index contributed by atoms with van der Waals surface area (Å²) in [7, 11) is 1.56. The van der Waals surface area contributed by atoms with E-state index in [-0.39, 0.29) is 23.8 Å². The van der Waals surface area contributed by atoms with Crippen molar-refractivity contribution in [1.82, 2.24) is 29.4 Å². The van der Waals surface area contributed by atoms with Crippen LogP contribution in [-0.4, -0.2) is 85.1 Å². The number of nitrogens with one attached hydrogen (secondary N) is 1. The molecule has 5 heterocycles. The Labute approximate surface area is 224 Å². The van der Waals surface area contributed by atoms with Gasteiger partial charge in [0, 0.05) is 38.1 Å². The lowest BCUT2D eigenvalue weighted by Gasteiger charge is -2.38. The van der Waals surface area contributed by atoms with Crippen molar-refractivity contribution >= 4 is 35.1 Å². The molecule has 4 atom stereocenters. The van der Waals surface area contributed by atoms with Crippen molar-refractivity contribution < 1.29 is 19.5 Å². The number of piperidine rings is 1. The first-order chi connectivity index (χ1) is 18.7. The number of imidazole rings is 1. The second-order valence-electron chi connectivity index (χ2n) is 10.4. The summed E-state index contributed by atoms with van der Waals surface area (Å²) in [5.41, 5.74) is 0.838. The first-order valence-electron chi connectivity index (χ1n) is 12.8. The molecule has 6 rings (SSSR count). The maximum absolute atomic E-state index is 13.2. The van der Waals surface area contributed by atoms with Crippen molar-refractivity contribution in [3.63, 3.8) is 0 Å². The Balaban J connectivity index is 1.18. The number of carbonyl (C=O) groups excluding carboxylic acids is 3. The zero-order valence-electron chi connectivity index (χ0n) is 21.9. The molecule has 2 fully saturated rings. The van der Waals surface area contributed by atoms with E-state index in [1.165, 1.54) is 29.1 Å². The second kappa shape index (κ2) is 9.42. The number of aliphatic hydroxyl groups is 1. The predicted molar refractivity (Wildman–Crippen MR) is 141 cm³/mol. The quantitative estimate of drug-likeness (QED) is 0.454. The van der Waals surface area contributed by atoms with Crippen LogP contribution in [0.4, 0.5) is 17.5 Å². The number of aliphatic hydroxyl groups excluding tert-OH is 1. The van der Waals surface area contributed by atoms with Crippen LogP contribution in [0.2, 0.25) is 0 Å². The summed E-state index contributed by atoms with van der Waals surface area (Å²) in [6.45, 7) is 4.81. The minimum absolute atomic E-state index is 0.108. The van der Waals surface area contributed by atoms with Crippen molar-refractivity contribution in [3.8, 4) is 11.4 Å². The number of hydrogen-bond acceptors (Lipinski definition) is 10. The molecular weight excluding hydrogens is 502 g/mol. The van der Waals surface area contributed by atoms with Crippen LogP contribution >= 0.6 is 0 Å². The first-order valence-corrected chi connectivity index (χ1v) is 12.8. The number of anilines is 3. The number of hydrogen-bond donors (Lipinski definition) is 2. The van der Waals surface area contributed by atoms with E-state index in [1.807, 2.05) is 12.1 Å². The summed E-state index contributed by atoms with van der Waals surface area (Å²) >= 11 is 0. The molecule has 1 saturated heterocycles. The molecule has 0 radical (unpaired) electrons. The fourth-order valence-electron chi connectivity index (χ4n) is 5.28. The molecule has 39 heavy (non-hydrogen) atoms. The van der Waals surface area contributed by atoms with Gasteiger partial charge in [-0.05, 0) is 50.3 Å². The molecule has 3 aliphatic rings. The van der Waals surface area contributed by atoms with E-state index >= 15 is 0 Å². The molecule has 2 amide bonds. The van der Waals surface area contributed by atoms with E-state index in [9.17, 15) is 19.5 Å². The maximum Gasteiger partial charge on any atom is 0.278 e. The van der Waals surface area contributed by atoms with Crippen molar-refractivity contribution in [1.29, 1.82) is 0 Å². The van der Waals surface area contributed by atoms with Gasteiger partial charge in [-0.15, -0.1) is 0 Å². The highest BCUT2D eigenvalue weighted by Crippen LogP contribution is 2.46. The Bertz CT molecular complexity index is 1450. The van der Waals surface area contributed by atoms with Crippen molar-refractivity contribution in [2.24, 2.45) is 11.8 Å². The molecule has 2 N–H and O–H groups in total. The van der Waals surface area contributed by atoms with Gasteiger partial charge in [-0.25, -0.2) is 19.9 Å². The predicted octanol–water partition coefficient (Wildman–Crippen LogP) is 1.15. The largest absolute Gasteiger partial charge is 0.356 e. The summed E-state index contributed by atoms with van der Waals surface area (Å²) in [5.74, 6) is 2.22. The summed E-state index contributed by atoms with van der Waals surface area (Å²) < 4.78 is 1.43. The Kier molecular flexibility index (Phi) is 6.02. The van der Waals surface area contributed by atoms with E-state index in [4.69, 9.17) is 0 Å². The maximum atomic E-state index is 13.2. The molecule has 202 valence electrons. The van der Waals surface area contributed by atoms with E-state index in [0.29, 0.717) is 11.6 Å². The third kappa shape index (κ3) is 4.48. The Hall–Kier alpha value is -4.39. The minimum Gasteiger partial charge on any atom is -0.356 e. The van der Waals surface area contributed by atoms with Crippen LogP contribution < -0.4 is 15.1 Å². The lowest BCUT2D eigenvalue weighted by Crippen LogP contribution is -2.55. The standard InChI is InChI=1S/C26H29N9O4/c1-14(36)10-34-25(38)21-23(32(3)26(34)39)29-13-35(21)15(2)24(37)31-19-6-7-27-22(30-19)16-4-5-20(28-9-16)33-11-17-8-18(17)12-33/h4-7,9,13,15,17-18,26,39H,8,10-12H2,1-3H3,(H,27,30,31,37)/t15-,17?,18?,26?/m0/s1. The minimum atomic E-state index is -1.34. The molecule has 0 bridgehead atoms. The van der Waals surface area contributed by atoms with E-state index < -0.39 is 24.2 Å². The van der Waals surface area contributed by atoms with Gasteiger partial charge in [0.05, 0.1) is 12.9 Å². The van der Waals surface area contributed by atoms with Gasteiger partial charge in [-0.3, -0.25) is 19.3 Å². The summed E-state index contributed by atoms with van der Waals surface area (Å²) in [6.07, 6.45) is 4.66. The molecule has 3 aromatic heterocycles. The van der Waals surface area contributed by atoms with Gasteiger partial charge in [0.1, 0.15) is 23.5 Å². The zero-order valence-corrected chi connectivity index (χ0v) is 21.9. The molecule has 13 nitrogen and oxygen atoms in total. The molecule has 0 aromatic carbocycles. The fraction of sp³-hybridized carbons (Fsp3) is 0.423. The SMILES string of the molecule is CC(=O)CN1C(=O)c2c(ncn2[C@@H](C)C(=O)Nc2ccnc(-c3ccc(N4CC5CC5C4)nc3)n2)N(C)C1O. The molecule has 1 aliphatic carbocycles. The Morgan fingerprint density at radius 2 is 1.92 bits per heavy atom. The molecule has 1 saturated carbocycles. The number of amides is 2. The lowest BCUT2D eigenvalue weighted by atomic mass is 10.2. The van der Waals surface area contributed by atoms with E-state index in [0.717, 1.165) is 41.2 Å². The highest BCUT2D eigenvalue weighted by atomic mass is 16.3. The zero-order chi connectivity index (χ0) is 27.4. The number of aromatic nitrogens is 5. The van der Waals surface area contributed by atoms with Crippen LogP contribution in [0.3, 0.4) is 0 Å². The fourth-order valence-corrected chi connectivity index (χ4v) is 5.28. The first kappa shape index (κ1) is 24.9. The van der Waals surface area contributed by atoms with Gasteiger partial charge < -0.3 is 24.8 Å². The lowest BCUT2D eigenvalue weighted by molar-refractivity contribution is -0.120. The number of carbonyl (C=O) groups is 3. The summed E-state index contributed by atoms with van der Waals surface area (Å²) in [6, 6.07) is 4.63. The Morgan fingerprint density at radius 3 is 2.62 bits per heavy atom. The average Bonchev–Trinajstić information content (AvgIpc) is 3.31. The van der Waals surface area contributed by atoms with Gasteiger partial charge in [0.15, 0.2) is 17.3 Å². The van der Waals surface area contributed by atoms with Crippen molar-refractivity contribution in [3.05, 3.63) is 42.6 Å². The molecule has 3 aromatic rings. The number of rotatable bonds is 7. The van der Waals surface area contributed by atoms with Gasteiger partial charge in [-0.2, -0.15) is 0 Å². The van der Waals surface area contributed by atoms with Crippen LogP contribution in [0, 0.1) is 11.8 Å². The molecule has 2 aliphatic heterocycles. The van der Waals surface area contributed by atoms with Crippen LogP contribution in [0.25, 0.3) is 11.4 Å². The molecule has 3 unspecified atom stereocenters. The molecule has 13 heteroatoms. The van der Waals surface area contributed by atoms with E-state index in [1.54, 1.807) is 32.4 Å². The monoisotopic (exact) mass is 531 g/mol. The molecular formula is C26H29N9O4. The number of Topliss-reactive ketones (excluding diaryl/α,β-unsaturated/α-hetero) is 1. The Morgan fingerprint density at radius 1 is 1.15 bits per heavy atom. The highest BCUT2D eigenvalue weighted by molar-refractivity contribution is 6.02. The van der Waals surface area contributed by atoms with E-state index in [2.05, 4.69) is 30.2 Å². The number of nitrogens with zero attached hydrogens (tertiary/aromatic N) is 8. The topological polar surface area (TPSA) is 150 Å². The van der Waals surface area contributed by atoms with Crippen LogP contribution in [-0.2, 0) is 9.59 Å². The van der Waals surface area contributed by atoms with Gasteiger partial charge in [-0.1, -0.05) is 0 Å². The molecule has 0 spiro atoms. The average molecular weight is 532 g/mol. The van der Waals surface area contributed by atoms with Crippen LogP contribution in [0.5, 0.6) is 0 Å². The van der Waals surface area contributed by atoms with Gasteiger partial charge in [0.2, 0.25) is 12.3 Å². The van der Waals surface area contributed by atoms with Crippen LogP contribution in [0.1, 0.15) is 36.8 Å². The number of fused-ring (bicyclic) bond motifs is 2. The normalized spacial score (nSPS) is 22.4. The summed E-state index contributed by atoms with van der Waals surface area (Å²) in [4.78, 5) is 60.4. The number of pyridine rings is 1.